The summed E-state index contributed by atoms with van der Waals surface area (Å²) in [7, 11) is -3.66. The van der Waals surface area contributed by atoms with E-state index in [-0.39, 0.29) is 21.0 Å². The van der Waals surface area contributed by atoms with Crippen molar-refractivity contribution in [3.05, 3.63) is 28.2 Å². The van der Waals surface area contributed by atoms with Crippen LogP contribution < -0.4 is 0 Å². The standard InChI is InChI=1S/C13H16BrNO4S2/c1-8-6-15(7-9(2)20-8)21(18,19)10-3-4-12(14)11(5-10)13(16)17/h3-5,8-9H,6-7H2,1-2H3,(H,16,17). The van der Waals surface area contributed by atoms with E-state index >= 15 is 0 Å². The summed E-state index contributed by atoms with van der Waals surface area (Å²) in [4.78, 5) is 11.2. The summed E-state index contributed by atoms with van der Waals surface area (Å²) < 4.78 is 27.1. The highest BCUT2D eigenvalue weighted by Crippen LogP contribution is 2.30. The first kappa shape index (κ1) is 16.8. The van der Waals surface area contributed by atoms with Crippen LogP contribution in [0, 0.1) is 0 Å². The van der Waals surface area contributed by atoms with Gasteiger partial charge in [-0.3, -0.25) is 0 Å². The zero-order valence-corrected chi connectivity index (χ0v) is 14.8. The number of benzene rings is 1. The lowest BCUT2D eigenvalue weighted by Crippen LogP contribution is -2.43. The van der Waals surface area contributed by atoms with Crippen molar-refractivity contribution in [2.24, 2.45) is 0 Å². The Balaban J connectivity index is 2.40. The van der Waals surface area contributed by atoms with Gasteiger partial charge in [0.1, 0.15) is 0 Å². The molecule has 1 aliphatic heterocycles. The van der Waals surface area contributed by atoms with Gasteiger partial charge >= 0.3 is 5.97 Å². The minimum atomic E-state index is -3.66. The number of sulfonamides is 1. The number of nitrogens with zero attached hydrogens (tertiary/aromatic N) is 1. The molecule has 0 aliphatic carbocycles. The molecule has 1 aromatic carbocycles. The molecule has 0 saturated carbocycles. The van der Waals surface area contributed by atoms with Crippen LogP contribution in [0.15, 0.2) is 27.6 Å². The van der Waals surface area contributed by atoms with Gasteiger partial charge in [0.05, 0.1) is 10.5 Å². The van der Waals surface area contributed by atoms with Gasteiger partial charge < -0.3 is 5.11 Å². The summed E-state index contributed by atoms with van der Waals surface area (Å²) in [5.41, 5.74) is -0.0523. The zero-order valence-electron chi connectivity index (χ0n) is 11.6. The number of carbonyl (C=O) groups is 1. The average molecular weight is 394 g/mol. The molecule has 1 aliphatic rings. The SMILES string of the molecule is CC1CN(S(=O)(=O)c2ccc(Br)c(C(=O)O)c2)CC(C)S1. The van der Waals surface area contributed by atoms with Crippen molar-refractivity contribution < 1.29 is 18.3 Å². The maximum absolute atomic E-state index is 12.7. The molecule has 1 heterocycles. The highest BCUT2D eigenvalue weighted by atomic mass is 79.9. The highest BCUT2D eigenvalue weighted by molar-refractivity contribution is 9.10. The third-order valence-corrected chi connectivity index (χ3v) is 6.94. The van der Waals surface area contributed by atoms with Crippen molar-refractivity contribution in [1.82, 2.24) is 4.31 Å². The highest BCUT2D eigenvalue weighted by Gasteiger charge is 2.32. The number of hydrogen-bond acceptors (Lipinski definition) is 4. The third-order valence-electron chi connectivity index (χ3n) is 3.19. The smallest absolute Gasteiger partial charge is 0.336 e. The van der Waals surface area contributed by atoms with Crippen molar-refractivity contribution in [3.8, 4) is 0 Å². The fourth-order valence-corrected chi connectivity index (χ4v) is 5.88. The molecular formula is C13H16BrNO4S2. The van der Waals surface area contributed by atoms with Crippen LogP contribution in [0.4, 0.5) is 0 Å². The Morgan fingerprint density at radius 1 is 1.33 bits per heavy atom. The Morgan fingerprint density at radius 3 is 2.43 bits per heavy atom. The maximum atomic E-state index is 12.7. The Kier molecular flexibility index (Phi) is 5.02. The minimum Gasteiger partial charge on any atom is -0.478 e. The quantitative estimate of drug-likeness (QED) is 0.853. The number of aromatic carboxylic acids is 1. The minimum absolute atomic E-state index is 0.0226. The Bertz CT molecular complexity index is 652. The second-order valence-electron chi connectivity index (χ2n) is 5.03. The lowest BCUT2D eigenvalue weighted by atomic mass is 10.2. The van der Waals surface area contributed by atoms with Crippen LogP contribution in [0.2, 0.25) is 0 Å². The van der Waals surface area contributed by atoms with E-state index in [1.165, 1.54) is 22.5 Å². The first-order valence-corrected chi connectivity index (χ1v) is 9.58. The van der Waals surface area contributed by atoms with E-state index in [9.17, 15) is 13.2 Å². The molecule has 0 bridgehead atoms. The van der Waals surface area contributed by atoms with E-state index in [2.05, 4.69) is 15.9 Å². The van der Waals surface area contributed by atoms with E-state index in [0.717, 1.165) is 0 Å². The van der Waals surface area contributed by atoms with E-state index in [0.29, 0.717) is 17.6 Å². The van der Waals surface area contributed by atoms with Gasteiger partial charge in [0.2, 0.25) is 10.0 Å². The fourth-order valence-electron chi connectivity index (χ4n) is 2.30. The molecule has 1 fully saturated rings. The summed E-state index contributed by atoms with van der Waals surface area (Å²) >= 11 is 4.88. The van der Waals surface area contributed by atoms with Crippen molar-refractivity contribution in [2.75, 3.05) is 13.1 Å². The molecule has 1 N–H and O–H groups in total. The summed E-state index contributed by atoms with van der Waals surface area (Å²) in [5.74, 6) is -1.16. The van der Waals surface area contributed by atoms with Gasteiger partial charge in [-0.25, -0.2) is 13.2 Å². The second kappa shape index (κ2) is 6.28. The van der Waals surface area contributed by atoms with Crippen LogP contribution in [0.1, 0.15) is 24.2 Å². The largest absolute Gasteiger partial charge is 0.478 e. The molecule has 21 heavy (non-hydrogen) atoms. The molecular weight excluding hydrogens is 378 g/mol. The third kappa shape index (κ3) is 3.61. The predicted octanol–water partition coefficient (Wildman–Crippen LogP) is 2.66. The second-order valence-corrected chi connectivity index (χ2v) is 9.70. The first-order chi connectivity index (χ1) is 9.71. The van der Waals surface area contributed by atoms with Gasteiger partial charge in [-0.2, -0.15) is 16.1 Å². The topological polar surface area (TPSA) is 74.7 Å². The van der Waals surface area contributed by atoms with E-state index in [1.54, 1.807) is 11.8 Å². The van der Waals surface area contributed by atoms with Crippen molar-refractivity contribution in [1.29, 1.82) is 0 Å². The molecule has 1 saturated heterocycles. The Morgan fingerprint density at radius 2 is 1.90 bits per heavy atom. The summed E-state index contributed by atoms with van der Waals surface area (Å²) in [5, 5.41) is 9.55. The molecule has 1 aromatic rings. The normalized spacial score (nSPS) is 24.0. The van der Waals surface area contributed by atoms with Gasteiger partial charge in [0.15, 0.2) is 0 Å². The van der Waals surface area contributed by atoms with E-state index in [1.807, 2.05) is 13.8 Å². The molecule has 8 heteroatoms. The van der Waals surface area contributed by atoms with Gasteiger partial charge in [-0.15, -0.1) is 0 Å². The monoisotopic (exact) mass is 393 g/mol. The number of halogens is 1. The molecule has 0 radical (unpaired) electrons. The Labute approximate surface area is 136 Å². The molecule has 116 valence electrons. The number of thioether (sulfide) groups is 1. The van der Waals surface area contributed by atoms with Crippen molar-refractivity contribution in [2.45, 2.75) is 29.2 Å². The molecule has 0 spiro atoms. The maximum Gasteiger partial charge on any atom is 0.336 e. The van der Waals surface area contributed by atoms with Gasteiger partial charge in [0.25, 0.3) is 0 Å². The summed E-state index contributed by atoms with van der Waals surface area (Å²) in [6, 6.07) is 4.10. The molecule has 5 nitrogen and oxygen atoms in total. The Hall–Kier alpha value is -0.570. The number of carboxylic acid groups (broad SMARTS) is 1. The zero-order chi connectivity index (χ0) is 15.8. The molecule has 0 amide bonds. The molecule has 2 unspecified atom stereocenters. The number of hydrogen-bond donors (Lipinski definition) is 1. The average Bonchev–Trinajstić information content (AvgIpc) is 2.37. The van der Waals surface area contributed by atoms with Crippen molar-refractivity contribution >= 4 is 43.7 Å². The van der Waals surface area contributed by atoms with Crippen LogP contribution >= 0.6 is 27.7 Å². The van der Waals surface area contributed by atoms with Crippen molar-refractivity contribution in [3.63, 3.8) is 0 Å². The van der Waals surface area contributed by atoms with E-state index < -0.39 is 16.0 Å². The van der Waals surface area contributed by atoms with E-state index in [4.69, 9.17) is 5.11 Å². The van der Waals surface area contributed by atoms with Gasteiger partial charge in [0, 0.05) is 28.1 Å². The number of carboxylic acids is 1. The molecule has 2 rings (SSSR count). The van der Waals surface area contributed by atoms with Crippen LogP contribution in [-0.4, -0.2) is 47.4 Å². The van der Waals surface area contributed by atoms with Gasteiger partial charge in [-0.05, 0) is 34.1 Å². The summed E-state index contributed by atoms with van der Waals surface area (Å²) in [6.07, 6.45) is 0. The lowest BCUT2D eigenvalue weighted by molar-refractivity contribution is 0.0695. The van der Waals surface area contributed by atoms with Crippen LogP contribution in [0.25, 0.3) is 0 Å². The molecule has 0 aromatic heterocycles. The van der Waals surface area contributed by atoms with Crippen LogP contribution in [-0.2, 0) is 10.0 Å². The fraction of sp³-hybridized carbons (Fsp3) is 0.462. The molecule has 2 atom stereocenters. The summed E-state index contributed by atoms with van der Waals surface area (Å²) in [6.45, 7) is 4.87. The lowest BCUT2D eigenvalue weighted by Gasteiger charge is -2.33. The van der Waals surface area contributed by atoms with Crippen LogP contribution in [0.5, 0.6) is 0 Å². The predicted molar refractivity (Wildman–Crippen MR) is 86.4 cm³/mol. The van der Waals surface area contributed by atoms with Crippen LogP contribution in [0.3, 0.4) is 0 Å². The number of rotatable bonds is 3. The van der Waals surface area contributed by atoms with Gasteiger partial charge in [-0.1, -0.05) is 13.8 Å². The first-order valence-electron chi connectivity index (χ1n) is 6.40.